The zero-order valence-electron chi connectivity index (χ0n) is 20.5. The predicted molar refractivity (Wildman–Crippen MR) is 131 cm³/mol. The van der Waals surface area contributed by atoms with Crippen molar-refractivity contribution in [2.75, 3.05) is 13.1 Å². The van der Waals surface area contributed by atoms with Gasteiger partial charge >= 0.3 is 12.1 Å². The second kappa shape index (κ2) is 11.9. The number of aliphatic hydroxyl groups excluding tert-OH is 1. The third-order valence-electron chi connectivity index (χ3n) is 6.32. The van der Waals surface area contributed by atoms with Crippen LogP contribution in [0.1, 0.15) is 47.9 Å². The van der Waals surface area contributed by atoms with Crippen LogP contribution in [-0.4, -0.2) is 52.2 Å². The van der Waals surface area contributed by atoms with Gasteiger partial charge in [0, 0.05) is 12.6 Å². The number of rotatable bonds is 11. The van der Waals surface area contributed by atoms with Crippen LogP contribution in [0, 0.1) is 13.8 Å². The monoisotopic (exact) mass is 506 g/mol. The molecule has 1 heterocycles. The summed E-state index contributed by atoms with van der Waals surface area (Å²) in [5.41, 5.74) is 15.2. The average molecular weight is 507 g/mol. The minimum atomic E-state index is -5.15. The lowest BCUT2D eigenvalue weighted by Crippen LogP contribution is -2.53. The molecule has 1 unspecified atom stereocenters. The number of carbonyl (C=O) groups is 1. The molecule has 10 heteroatoms. The first-order valence-corrected chi connectivity index (χ1v) is 11.9. The van der Waals surface area contributed by atoms with Crippen LogP contribution in [0.15, 0.2) is 46.9 Å². The van der Waals surface area contributed by atoms with Crippen LogP contribution in [0.2, 0.25) is 0 Å². The number of carbonyl (C=O) groups excluding carboxylic acids is 1. The molecule has 36 heavy (non-hydrogen) atoms. The van der Waals surface area contributed by atoms with E-state index in [-0.39, 0.29) is 12.3 Å². The van der Waals surface area contributed by atoms with Gasteiger partial charge in [-0.25, -0.2) is 4.98 Å². The van der Waals surface area contributed by atoms with Crippen molar-refractivity contribution in [1.82, 2.24) is 9.88 Å². The van der Waals surface area contributed by atoms with E-state index in [2.05, 4.69) is 4.98 Å². The summed E-state index contributed by atoms with van der Waals surface area (Å²) >= 11 is 0. The Kier molecular flexibility index (Phi) is 9.10. The summed E-state index contributed by atoms with van der Waals surface area (Å²) in [4.78, 5) is 17.5. The van der Waals surface area contributed by atoms with Crippen molar-refractivity contribution in [3.63, 3.8) is 0 Å². The maximum atomic E-state index is 13.7. The summed E-state index contributed by atoms with van der Waals surface area (Å²) in [6.45, 7) is 3.72. The SMILES string of the molecule is Cc1cc2nc(C(O)[C@@H](CCc3ccccc3)N(C[C@H](N)CCCN)C(=O)C(F)(F)F)oc2cc1C. The minimum absolute atomic E-state index is 0.0351. The zero-order valence-corrected chi connectivity index (χ0v) is 20.5. The number of amides is 1. The number of nitrogens with two attached hydrogens (primary N) is 2. The molecule has 0 bridgehead atoms. The van der Waals surface area contributed by atoms with Crippen molar-refractivity contribution in [3.8, 4) is 0 Å². The van der Waals surface area contributed by atoms with Crippen LogP contribution in [0.25, 0.3) is 11.1 Å². The lowest BCUT2D eigenvalue weighted by molar-refractivity contribution is -0.191. The molecule has 0 spiro atoms. The Morgan fingerprint density at radius 1 is 1.14 bits per heavy atom. The van der Waals surface area contributed by atoms with Gasteiger partial charge in [-0.05, 0) is 74.9 Å². The molecule has 2 aromatic carbocycles. The summed E-state index contributed by atoms with van der Waals surface area (Å²) in [6, 6.07) is 10.6. The number of oxazole rings is 1. The highest BCUT2D eigenvalue weighted by molar-refractivity contribution is 5.82. The first-order valence-electron chi connectivity index (χ1n) is 11.9. The van der Waals surface area contributed by atoms with Crippen molar-refractivity contribution in [3.05, 3.63) is 65.0 Å². The molecule has 0 saturated heterocycles. The van der Waals surface area contributed by atoms with Gasteiger partial charge in [-0.2, -0.15) is 13.2 Å². The first kappa shape index (κ1) is 27.6. The van der Waals surface area contributed by atoms with Crippen molar-refractivity contribution >= 4 is 17.0 Å². The Morgan fingerprint density at radius 3 is 2.44 bits per heavy atom. The molecule has 3 aromatic rings. The third kappa shape index (κ3) is 6.83. The highest BCUT2D eigenvalue weighted by atomic mass is 19.4. The fraction of sp³-hybridized carbons (Fsp3) is 0.462. The molecule has 3 atom stereocenters. The van der Waals surface area contributed by atoms with Crippen molar-refractivity contribution < 1.29 is 27.5 Å². The second-order valence-electron chi connectivity index (χ2n) is 9.14. The van der Waals surface area contributed by atoms with E-state index < -0.39 is 36.8 Å². The molecule has 196 valence electrons. The summed E-state index contributed by atoms with van der Waals surface area (Å²) in [5, 5.41) is 11.3. The highest BCUT2D eigenvalue weighted by Crippen LogP contribution is 2.31. The first-order chi connectivity index (χ1) is 17.0. The normalized spacial score (nSPS) is 14.6. The van der Waals surface area contributed by atoms with Gasteiger partial charge in [-0.15, -0.1) is 0 Å². The fourth-order valence-corrected chi connectivity index (χ4v) is 4.19. The lowest BCUT2D eigenvalue weighted by atomic mass is 9.98. The number of nitrogens with zero attached hydrogens (tertiary/aromatic N) is 2. The molecule has 0 aliphatic carbocycles. The molecule has 0 fully saturated rings. The van der Waals surface area contributed by atoms with Crippen molar-refractivity contribution in [1.29, 1.82) is 0 Å². The predicted octanol–water partition coefficient (Wildman–Crippen LogP) is 3.94. The van der Waals surface area contributed by atoms with Gasteiger partial charge in [0.25, 0.3) is 0 Å². The maximum absolute atomic E-state index is 13.7. The molecular weight excluding hydrogens is 473 g/mol. The van der Waals surface area contributed by atoms with Crippen LogP contribution in [0.5, 0.6) is 0 Å². The highest BCUT2D eigenvalue weighted by Gasteiger charge is 2.47. The van der Waals surface area contributed by atoms with E-state index in [0.29, 0.717) is 41.8 Å². The number of benzene rings is 2. The maximum Gasteiger partial charge on any atom is 0.471 e. The lowest BCUT2D eigenvalue weighted by Gasteiger charge is -2.36. The quantitative estimate of drug-likeness (QED) is 0.363. The number of aromatic nitrogens is 1. The van der Waals surface area contributed by atoms with Crippen molar-refractivity contribution in [2.24, 2.45) is 11.5 Å². The third-order valence-corrected chi connectivity index (χ3v) is 6.32. The Bertz CT molecular complexity index is 1110. The molecule has 0 aliphatic heterocycles. The molecule has 1 aromatic heterocycles. The van der Waals surface area contributed by atoms with Crippen molar-refractivity contribution in [2.45, 2.75) is 63.9 Å². The number of halogens is 3. The van der Waals surface area contributed by atoms with E-state index in [1.165, 1.54) is 0 Å². The zero-order chi connectivity index (χ0) is 26.5. The van der Waals surface area contributed by atoms with Crippen LogP contribution in [-0.2, 0) is 11.2 Å². The van der Waals surface area contributed by atoms with Gasteiger partial charge in [-0.1, -0.05) is 30.3 Å². The molecule has 0 saturated carbocycles. The van der Waals surface area contributed by atoms with Gasteiger partial charge < -0.3 is 25.9 Å². The standard InChI is InChI=1S/C26H33F3N4O3/c1-16-13-20-22(14-17(16)2)36-24(32-20)23(34)21(11-10-18-7-4-3-5-8-18)33(25(35)26(27,28)29)15-19(31)9-6-12-30/h3-5,7-8,13-14,19,21,23,34H,6,9-12,15,30-31H2,1-2H3/t19-,21-,23?/m1/s1. The number of aliphatic hydroxyl groups is 1. The van der Waals surface area contributed by atoms with Gasteiger partial charge in [0.2, 0.25) is 5.89 Å². The Balaban J connectivity index is 2.00. The van der Waals surface area contributed by atoms with E-state index in [0.717, 1.165) is 16.7 Å². The molecule has 1 amide bonds. The molecule has 7 nitrogen and oxygen atoms in total. The van der Waals surface area contributed by atoms with Gasteiger partial charge in [0.05, 0.1) is 6.04 Å². The summed E-state index contributed by atoms with van der Waals surface area (Å²) in [6.07, 6.45) is -5.56. The van der Waals surface area contributed by atoms with E-state index in [1.54, 1.807) is 12.1 Å². The second-order valence-corrected chi connectivity index (χ2v) is 9.14. The van der Waals surface area contributed by atoms with E-state index in [4.69, 9.17) is 15.9 Å². The number of aryl methyl sites for hydroxylation is 3. The molecule has 3 rings (SSSR count). The number of hydrogen-bond donors (Lipinski definition) is 3. The van der Waals surface area contributed by atoms with Gasteiger partial charge in [0.1, 0.15) is 5.52 Å². The van der Waals surface area contributed by atoms with Gasteiger partial charge in [0.15, 0.2) is 11.7 Å². The molecule has 0 aliphatic rings. The van der Waals surface area contributed by atoms with Crippen LogP contribution in [0.3, 0.4) is 0 Å². The molecule has 0 radical (unpaired) electrons. The minimum Gasteiger partial charge on any atom is -0.438 e. The van der Waals surface area contributed by atoms with Crippen LogP contribution >= 0.6 is 0 Å². The van der Waals surface area contributed by atoms with E-state index >= 15 is 0 Å². The number of alkyl halides is 3. The Labute approximate surface area is 208 Å². The Hall–Kier alpha value is -2.95. The average Bonchev–Trinajstić information content (AvgIpc) is 3.24. The topological polar surface area (TPSA) is 119 Å². The summed E-state index contributed by atoms with van der Waals surface area (Å²) < 4.78 is 46.8. The Morgan fingerprint density at radius 2 is 1.81 bits per heavy atom. The van der Waals surface area contributed by atoms with Gasteiger partial charge in [-0.3, -0.25) is 4.79 Å². The summed E-state index contributed by atoms with van der Waals surface area (Å²) in [5.74, 6) is -2.21. The molecule has 5 N–H and O–H groups in total. The summed E-state index contributed by atoms with van der Waals surface area (Å²) in [7, 11) is 0. The molecular formula is C26H33F3N4O3. The largest absolute Gasteiger partial charge is 0.471 e. The smallest absolute Gasteiger partial charge is 0.438 e. The van der Waals surface area contributed by atoms with E-state index in [1.807, 2.05) is 44.2 Å². The number of hydrogen-bond acceptors (Lipinski definition) is 6. The van der Waals surface area contributed by atoms with E-state index in [9.17, 15) is 23.1 Å². The van der Waals surface area contributed by atoms with Crippen LogP contribution < -0.4 is 11.5 Å². The fourth-order valence-electron chi connectivity index (χ4n) is 4.19. The van der Waals surface area contributed by atoms with Crippen LogP contribution in [0.4, 0.5) is 13.2 Å². The number of fused-ring (bicyclic) bond motifs is 1.